The lowest BCUT2D eigenvalue weighted by molar-refractivity contribution is 1.02. The normalized spacial score (nSPS) is 4.00. The monoisotopic (exact) mass is 112 g/mol. The predicted octanol–water partition coefficient (Wildman–Crippen LogP) is -0.168. The summed E-state index contributed by atoms with van der Waals surface area (Å²) in [4.78, 5) is 0. The Hall–Kier alpha value is 0.210. The fraction of sp³-hybridized carbons (Fsp3) is 1.00. The maximum Gasteiger partial charge on any atom is -0.0167 e. The van der Waals surface area contributed by atoms with E-state index in [4.69, 9.17) is 0 Å². The summed E-state index contributed by atoms with van der Waals surface area (Å²) < 4.78 is 0. The smallest absolute Gasteiger partial charge is 0.0167 e. The highest BCUT2D eigenvalue weighted by Crippen LogP contribution is 0.981. The second-order valence-corrected chi connectivity index (χ2v) is 0.500. The van der Waals surface area contributed by atoms with Crippen LogP contribution in [0.4, 0.5) is 0 Å². The Morgan fingerprint density at radius 1 is 1.17 bits per heavy atom. The maximum absolute atomic E-state index is 4.50. The van der Waals surface area contributed by atoms with E-state index in [1.54, 1.807) is 0 Å². The summed E-state index contributed by atoms with van der Waals surface area (Å²) in [5.41, 5.74) is 4.50. The molecular weight excluding hydrogens is 99.5 g/mol. The minimum absolute atomic E-state index is 0. The molecule has 0 aliphatic carbocycles. The van der Waals surface area contributed by atoms with Crippen molar-refractivity contribution in [2.75, 3.05) is 21.1 Å². The van der Waals surface area contributed by atoms with E-state index in [0.717, 1.165) is 0 Å². The summed E-state index contributed by atoms with van der Waals surface area (Å²) >= 11 is 0. The van der Waals surface area contributed by atoms with Crippen LogP contribution in [-0.4, -0.2) is 21.1 Å². The SMILES string of the molecule is CN.CNC.Cl. The first-order valence-corrected chi connectivity index (χ1v) is 1.58. The Kier molecular flexibility index (Phi) is 172. The summed E-state index contributed by atoms with van der Waals surface area (Å²) in [6.45, 7) is 0. The Morgan fingerprint density at radius 3 is 1.17 bits per heavy atom. The predicted molar refractivity (Wildman–Crippen MR) is 32.3 cm³/mol. The number of hydrogen-bond acceptors (Lipinski definition) is 2. The van der Waals surface area contributed by atoms with Gasteiger partial charge < -0.3 is 11.1 Å². The van der Waals surface area contributed by atoms with Crippen LogP contribution in [0.1, 0.15) is 0 Å². The first-order chi connectivity index (χ1) is 2.41. The lowest BCUT2D eigenvalue weighted by Gasteiger charge is -1.59. The number of nitrogens with two attached hydrogens (primary N) is 1. The molecule has 0 radical (unpaired) electrons. The Morgan fingerprint density at radius 2 is 1.17 bits per heavy atom. The molecule has 42 valence electrons. The molecule has 0 atom stereocenters. The number of halogens is 1. The van der Waals surface area contributed by atoms with Gasteiger partial charge in [0.05, 0.1) is 0 Å². The molecule has 0 unspecified atom stereocenters. The van der Waals surface area contributed by atoms with Gasteiger partial charge in [-0.15, -0.1) is 12.4 Å². The van der Waals surface area contributed by atoms with Crippen molar-refractivity contribution in [2.45, 2.75) is 0 Å². The first-order valence-electron chi connectivity index (χ1n) is 1.58. The van der Waals surface area contributed by atoms with Gasteiger partial charge in [0.15, 0.2) is 0 Å². The Balaban J connectivity index is -0.0000000275. The molecule has 0 saturated carbocycles. The zero-order valence-electron chi connectivity index (χ0n) is 4.49. The summed E-state index contributed by atoms with van der Waals surface area (Å²) in [6, 6.07) is 0. The average molecular weight is 113 g/mol. The van der Waals surface area contributed by atoms with E-state index < -0.39 is 0 Å². The van der Waals surface area contributed by atoms with Gasteiger partial charge in [-0.05, 0) is 21.1 Å². The highest BCUT2D eigenvalue weighted by Gasteiger charge is 1.25. The van der Waals surface area contributed by atoms with E-state index >= 15 is 0 Å². The van der Waals surface area contributed by atoms with Crippen molar-refractivity contribution in [3.8, 4) is 0 Å². The van der Waals surface area contributed by atoms with Crippen molar-refractivity contribution >= 4 is 12.4 Å². The highest BCUT2D eigenvalue weighted by atomic mass is 35.5. The summed E-state index contributed by atoms with van der Waals surface area (Å²) in [5.74, 6) is 0. The van der Waals surface area contributed by atoms with Crippen molar-refractivity contribution in [3.63, 3.8) is 0 Å². The standard InChI is InChI=1S/C2H7N.CH5N.ClH/c1-3-2;1-2;/h3H,1-2H3;2H2,1H3;1H. The van der Waals surface area contributed by atoms with Gasteiger partial charge in [0.2, 0.25) is 0 Å². The molecule has 0 aromatic carbocycles. The van der Waals surface area contributed by atoms with Gasteiger partial charge in [-0.1, -0.05) is 0 Å². The van der Waals surface area contributed by atoms with Gasteiger partial charge in [0, 0.05) is 0 Å². The van der Waals surface area contributed by atoms with E-state index in [-0.39, 0.29) is 12.4 Å². The van der Waals surface area contributed by atoms with Crippen LogP contribution in [0.2, 0.25) is 0 Å². The van der Waals surface area contributed by atoms with E-state index in [9.17, 15) is 0 Å². The molecule has 0 aromatic rings. The van der Waals surface area contributed by atoms with Crippen LogP contribution in [-0.2, 0) is 0 Å². The largest absolute Gasteiger partial charge is 0.333 e. The molecule has 0 heterocycles. The maximum atomic E-state index is 4.50. The summed E-state index contributed by atoms with van der Waals surface area (Å²) in [5, 5.41) is 2.75. The lowest BCUT2D eigenvalue weighted by Crippen LogP contribution is -1.89. The third kappa shape index (κ3) is 984. The fourth-order valence-corrected chi connectivity index (χ4v) is 0. The molecule has 6 heavy (non-hydrogen) atoms. The minimum Gasteiger partial charge on any atom is -0.333 e. The van der Waals surface area contributed by atoms with Crippen LogP contribution in [0.25, 0.3) is 0 Å². The van der Waals surface area contributed by atoms with Crippen molar-refractivity contribution < 1.29 is 0 Å². The molecular formula is C3H13ClN2. The molecule has 3 heteroatoms. The molecule has 2 nitrogen and oxygen atoms in total. The number of hydrogen-bond donors (Lipinski definition) is 2. The van der Waals surface area contributed by atoms with Crippen LogP contribution < -0.4 is 11.1 Å². The van der Waals surface area contributed by atoms with Crippen LogP contribution in [0.3, 0.4) is 0 Å². The average Bonchev–Trinajstić information content (AvgIpc) is 1.46. The second-order valence-electron chi connectivity index (χ2n) is 0.500. The third-order valence-electron chi connectivity index (χ3n) is 0. The van der Waals surface area contributed by atoms with Gasteiger partial charge in [-0.3, -0.25) is 0 Å². The van der Waals surface area contributed by atoms with Gasteiger partial charge in [-0.2, -0.15) is 0 Å². The molecule has 0 aromatic heterocycles. The van der Waals surface area contributed by atoms with E-state index in [1.165, 1.54) is 7.05 Å². The molecule has 0 rings (SSSR count). The van der Waals surface area contributed by atoms with Crippen LogP contribution in [0.5, 0.6) is 0 Å². The van der Waals surface area contributed by atoms with E-state index in [0.29, 0.717) is 0 Å². The van der Waals surface area contributed by atoms with Crippen molar-refractivity contribution in [1.82, 2.24) is 5.32 Å². The van der Waals surface area contributed by atoms with Crippen molar-refractivity contribution in [3.05, 3.63) is 0 Å². The molecule has 3 N–H and O–H groups in total. The molecule has 0 amide bonds. The van der Waals surface area contributed by atoms with Crippen LogP contribution in [0, 0.1) is 0 Å². The second kappa shape index (κ2) is 63.1. The minimum atomic E-state index is 0. The zero-order valence-corrected chi connectivity index (χ0v) is 5.30. The molecule has 0 fully saturated rings. The van der Waals surface area contributed by atoms with Gasteiger partial charge >= 0.3 is 0 Å². The summed E-state index contributed by atoms with van der Waals surface area (Å²) in [7, 11) is 5.25. The molecule has 0 saturated heterocycles. The van der Waals surface area contributed by atoms with Gasteiger partial charge in [0.1, 0.15) is 0 Å². The topological polar surface area (TPSA) is 38.0 Å². The van der Waals surface area contributed by atoms with Crippen molar-refractivity contribution in [1.29, 1.82) is 0 Å². The van der Waals surface area contributed by atoms with Crippen molar-refractivity contribution in [2.24, 2.45) is 5.73 Å². The Labute approximate surface area is 45.5 Å². The summed E-state index contributed by atoms with van der Waals surface area (Å²) in [6.07, 6.45) is 0. The quantitative estimate of drug-likeness (QED) is 0.457. The van der Waals surface area contributed by atoms with Crippen LogP contribution >= 0.6 is 12.4 Å². The Bertz CT molecular complexity index is 8.75. The molecule has 0 aliphatic heterocycles. The molecule has 0 spiro atoms. The molecule has 0 aliphatic rings. The zero-order chi connectivity index (χ0) is 4.71. The molecule has 0 bridgehead atoms. The fourth-order valence-electron chi connectivity index (χ4n) is 0. The lowest BCUT2D eigenvalue weighted by atomic mass is 11.3. The number of rotatable bonds is 0. The van der Waals surface area contributed by atoms with Crippen LogP contribution in [0.15, 0.2) is 0 Å². The first kappa shape index (κ1) is 16.4. The highest BCUT2D eigenvalue weighted by molar-refractivity contribution is 5.85. The van der Waals surface area contributed by atoms with Gasteiger partial charge in [0.25, 0.3) is 0 Å². The third-order valence-corrected chi connectivity index (χ3v) is 0. The van der Waals surface area contributed by atoms with Gasteiger partial charge in [-0.25, -0.2) is 0 Å². The van der Waals surface area contributed by atoms with E-state index in [1.807, 2.05) is 14.1 Å². The number of nitrogens with one attached hydrogen (secondary N) is 1. The van der Waals surface area contributed by atoms with E-state index in [2.05, 4.69) is 11.1 Å².